The number of hydrogen-bond acceptors (Lipinski definition) is 7. The van der Waals surface area contributed by atoms with E-state index in [0.29, 0.717) is 11.9 Å². The number of carbonyl (C=O) groups excluding carboxylic acids is 1. The molecule has 2 fully saturated rings. The van der Waals surface area contributed by atoms with E-state index in [1.807, 2.05) is 6.92 Å². The zero-order valence-electron chi connectivity index (χ0n) is 14.3. The lowest BCUT2D eigenvalue weighted by Gasteiger charge is -2.34. The molecule has 2 aromatic heterocycles. The molecule has 0 unspecified atom stereocenters. The van der Waals surface area contributed by atoms with Gasteiger partial charge in [0, 0.05) is 30.8 Å². The minimum Gasteiger partial charge on any atom is -0.339 e. The number of hydrogen-bond donors (Lipinski definition) is 1. The minimum atomic E-state index is -0.263. The highest BCUT2D eigenvalue weighted by molar-refractivity contribution is 5.93. The van der Waals surface area contributed by atoms with Gasteiger partial charge in [0.1, 0.15) is 0 Å². The van der Waals surface area contributed by atoms with Crippen LogP contribution in [-0.4, -0.2) is 50.0 Å². The van der Waals surface area contributed by atoms with E-state index in [1.165, 1.54) is 0 Å². The van der Waals surface area contributed by atoms with Gasteiger partial charge in [-0.15, -0.1) is 0 Å². The molecular formula is C17H22N6O2. The molecule has 1 saturated carbocycles. The number of nitrogens with zero attached hydrogens (tertiary/aromatic N) is 5. The number of nitrogens with one attached hydrogen (secondary N) is 1. The molecule has 0 spiro atoms. The second-order valence-corrected chi connectivity index (χ2v) is 6.84. The Hall–Kier alpha value is -2.35. The smallest absolute Gasteiger partial charge is 0.243 e. The fraction of sp³-hybridized carbons (Fsp3) is 0.588. The summed E-state index contributed by atoms with van der Waals surface area (Å²) in [4.78, 5) is 27.3. The molecule has 1 aliphatic carbocycles. The van der Waals surface area contributed by atoms with Crippen molar-refractivity contribution in [1.29, 1.82) is 0 Å². The van der Waals surface area contributed by atoms with E-state index in [-0.39, 0.29) is 17.9 Å². The van der Waals surface area contributed by atoms with Crippen LogP contribution in [0.4, 0.5) is 5.95 Å². The summed E-state index contributed by atoms with van der Waals surface area (Å²) in [5.74, 6) is 2.48. The maximum atomic E-state index is 12.5. The predicted molar refractivity (Wildman–Crippen MR) is 89.9 cm³/mol. The van der Waals surface area contributed by atoms with Crippen LogP contribution >= 0.6 is 0 Å². The largest absolute Gasteiger partial charge is 0.339 e. The molecule has 2 aromatic rings. The SMILES string of the molecule is C[C@@H](C(=O)Nc1ncccn1)N1CCC[C@@H](c2noc(C3CC3)n2)C1. The van der Waals surface area contributed by atoms with Crippen LogP contribution in [0.5, 0.6) is 0 Å². The fourth-order valence-electron chi connectivity index (χ4n) is 3.22. The molecule has 25 heavy (non-hydrogen) atoms. The molecule has 132 valence electrons. The van der Waals surface area contributed by atoms with E-state index in [9.17, 15) is 4.79 Å². The maximum absolute atomic E-state index is 12.5. The summed E-state index contributed by atoms with van der Waals surface area (Å²) in [6.07, 6.45) is 7.55. The molecule has 3 heterocycles. The van der Waals surface area contributed by atoms with E-state index in [0.717, 1.165) is 50.5 Å². The lowest BCUT2D eigenvalue weighted by atomic mass is 9.96. The van der Waals surface area contributed by atoms with Gasteiger partial charge in [0.2, 0.25) is 17.7 Å². The van der Waals surface area contributed by atoms with Gasteiger partial charge in [-0.05, 0) is 45.2 Å². The second kappa shape index (κ2) is 6.87. The summed E-state index contributed by atoms with van der Waals surface area (Å²) < 4.78 is 5.39. The molecule has 0 aromatic carbocycles. The van der Waals surface area contributed by atoms with Gasteiger partial charge in [-0.2, -0.15) is 4.98 Å². The van der Waals surface area contributed by atoms with E-state index in [1.54, 1.807) is 18.5 Å². The average molecular weight is 342 g/mol. The first-order valence-corrected chi connectivity index (χ1v) is 8.86. The third kappa shape index (κ3) is 3.68. The van der Waals surface area contributed by atoms with Crippen LogP contribution in [0.1, 0.15) is 56.2 Å². The van der Waals surface area contributed by atoms with Crippen LogP contribution in [0.2, 0.25) is 0 Å². The quantitative estimate of drug-likeness (QED) is 0.887. The van der Waals surface area contributed by atoms with Crippen LogP contribution in [-0.2, 0) is 4.79 Å². The average Bonchev–Trinajstić information content (AvgIpc) is 3.39. The first-order valence-electron chi connectivity index (χ1n) is 8.86. The number of piperidine rings is 1. The van der Waals surface area contributed by atoms with Crippen molar-refractivity contribution in [2.24, 2.45) is 0 Å². The van der Waals surface area contributed by atoms with Crippen molar-refractivity contribution < 1.29 is 9.32 Å². The second-order valence-electron chi connectivity index (χ2n) is 6.84. The molecule has 2 aliphatic rings. The van der Waals surface area contributed by atoms with Crippen LogP contribution in [0.15, 0.2) is 23.0 Å². The van der Waals surface area contributed by atoms with Crippen molar-refractivity contribution in [3.05, 3.63) is 30.2 Å². The molecule has 8 nitrogen and oxygen atoms in total. The first kappa shape index (κ1) is 16.1. The third-order valence-corrected chi connectivity index (χ3v) is 4.93. The summed E-state index contributed by atoms with van der Waals surface area (Å²) in [5, 5.41) is 6.94. The van der Waals surface area contributed by atoms with Gasteiger partial charge in [-0.3, -0.25) is 15.0 Å². The van der Waals surface area contributed by atoms with E-state index in [4.69, 9.17) is 4.52 Å². The Bertz CT molecular complexity index is 730. The zero-order chi connectivity index (χ0) is 17.2. The Balaban J connectivity index is 1.38. The standard InChI is InChI=1S/C17H22N6O2/c1-11(15(24)21-17-18-7-3-8-19-17)23-9-2-4-13(10-23)14-20-16(25-22-14)12-5-6-12/h3,7-8,11-13H,2,4-6,9-10H2,1H3,(H,18,19,21,24)/t11-,13+/m0/s1. The molecular weight excluding hydrogens is 320 g/mol. The monoisotopic (exact) mass is 342 g/mol. The van der Waals surface area contributed by atoms with Gasteiger partial charge in [-0.1, -0.05) is 5.16 Å². The summed E-state index contributed by atoms with van der Waals surface area (Å²) in [7, 11) is 0. The lowest BCUT2D eigenvalue weighted by molar-refractivity contribution is -0.121. The van der Waals surface area contributed by atoms with E-state index >= 15 is 0 Å². The number of amides is 1. The van der Waals surface area contributed by atoms with Gasteiger partial charge >= 0.3 is 0 Å². The van der Waals surface area contributed by atoms with Crippen LogP contribution in [0.3, 0.4) is 0 Å². The van der Waals surface area contributed by atoms with Gasteiger partial charge in [0.25, 0.3) is 0 Å². The maximum Gasteiger partial charge on any atom is 0.243 e. The van der Waals surface area contributed by atoms with Crippen molar-refractivity contribution in [1.82, 2.24) is 25.0 Å². The summed E-state index contributed by atoms with van der Waals surface area (Å²) in [6, 6.07) is 1.45. The highest BCUT2D eigenvalue weighted by Crippen LogP contribution is 2.39. The topological polar surface area (TPSA) is 97.0 Å². The third-order valence-electron chi connectivity index (χ3n) is 4.93. The number of rotatable bonds is 5. The Morgan fingerprint density at radius 1 is 1.28 bits per heavy atom. The number of carbonyl (C=O) groups is 1. The van der Waals surface area contributed by atoms with Crippen LogP contribution in [0, 0.1) is 0 Å². The van der Waals surface area contributed by atoms with Crippen molar-refractivity contribution >= 4 is 11.9 Å². The van der Waals surface area contributed by atoms with Crippen molar-refractivity contribution in [2.75, 3.05) is 18.4 Å². The molecule has 1 saturated heterocycles. The first-order chi connectivity index (χ1) is 12.2. The summed E-state index contributed by atoms with van der Waals surface area (Å²) >= 11 is 0. The molecule has 4 rings (SSSR count). The van der Waals surface area contributed by atoms with Crippen molar-refractivity contribution in [3.63, 3.8) is 0 Å². The number of likely N-dealkylation sites (tertiary alicyclic amines) is 1. The predicted octanol–water partition coefficient (Wildman–Crippen LogP) is 1.94. The van der Waals surface area contributed by atoms with E-state index < -0.39 is 0 Å². The normalized spacial score (nSPS) is 22.5. The lowest BCUT2D eigenvalue weighted by Crippen LogP contribution is -2.46. The van der Waals surface area contributed by atoms with Crippen LogP contribution < -0.4 is 5.32 Å². The molecule has 0 radical (unpaired) electrons. The molecule has 8 heteroatoms. The number of anilines is 1. The van der Waals surface area contributed by atoms with Gasteiger partial charge in [0.15, 0.2) is 5.82 Å². The van der Waals surface area contributed by atoms with Gasteiger partial charge in [0.05, 0.1) is 6.04 Å². The van der Waals surface area contributed by atoms with Crippen LogP contribution in [0.25, 0.3) is 0 Å². The molecule has 0 bridgehead atoms. The van der Waals surface area contributed by atoms with E-state index in [2.05, 4.69) is 30.3 Å². The molecule has 1 amide bonds. The Labute approximate surface area is 146 Å². The molecule has 1 aliphatic heterocycles. The zero-order valence-corrected chi connectivity index (χ0v) is 14.3. The van der Waals surface area contributed by atoms with Crippen molar-refractivity contribution in [2.45, 2.75) is 50.5 Å². The Kier molecular flexibility index (Phi) is 4.44. The van der Waals surface area contributed by atoms with Gasteiger partial charge in [-0.25, -0.2) is 9.97 Å². The minimum absolute atomic E-state index is 0.0985. The molecule has 2 atom stereocenters. The molecule has 1 N–H and O–H groups in total. The highest BCUT2D eigenvalue weighted by Gasteiger charge is 2.33. The summed E-state index contributed by atoms with van der Waals surface area (Å²) in [5.41, 5.74) is 0. The Morgan fingerprint density at radius 3 is 2.84 bits per heavy atom. The fourth-order valence-corrected chi connectivity index (χ4v) is 3.22. The van der Waals surface area contributed by atoms with Crippen molar-refractivity contribution in [3.8, 4) is 0 Å². The number of aromatic nitrogens is 4. The Morgan fingerprint density at radius 2 is 2.08 bits per heavy atom. The highest BCUT2D eigenvalue weighted by atomic mass is 16.5. The summed E-state index contributed by atoms with van der Waals surface area (Å²) in [6.45, 7) is 3.55. The van der Waals surface area contributed by atoms with Gasteiger partial charge < -0.3 is 4.52 Å².